The van der Waals surface area contributed by atoms with Crippen LogP contribution < -0.4 is 16.4 Å². The number of rotatable bonds is 4. The Morgan fingerprint density at radius 3 is 2.61 bits per heavy atom. The standard InChI is InChI=1S/C20H24N4O4/c21-12-2-1-3-13(9-12)22-10-11-4-5-14-15(8-11)20(28)24(19(14)27)16-6-7-17(25)23-18(16)26/h4-5,8,12-13,16,22H,1-3,6-7,9-10,21H2,(H,23,25,26)/t12-,13+,16?/m1/s1. The normalized spacial score (nSPS) is 27.8. The van der Waals surface area contributed by atoms with Crippen LogP contribution in [0.3, 0.4) is 0 Å². The molecule has 8 nitrogen and oxygen atoms in total. The first-order valence-corrected chi connectivity index (χ1v) is 9.77. The highest BCUT2D eigenvalue weighted by molar-refractivity contribution is 6.23. The highest BCUT2D eigenvalue weighted by Crippen LogP contribution is 2.28. The molecule has 2 heterocycles. The molecular weight excluding hydrogens is 360 g/mol. The van der Waals surface area contributed by atoms with Crippen LogP contribution in [0.5, 0.6) is 0 Å². The molecule has 0 spiro atoms. The monoisotopic (exact) mass is 384 g/mol. The van der Waals surface area contributed by atoms with Gasteiger partial charge in [0.1, 0.15) is 6.04 Å². The summed E-state index contributed by atoms with van der Waals surface area (Å²) in [6, 6.07) is 4.84. The van der Waals surface area contributed by atoms with E-state index in [0.29, 0.717) is 23.7 Å². The van der Waals surface area contributed by atoms with Crippen LogP contribution in [0.2, 0.25) is 0 Å². The third-order valence-electron chi connectivity index (χ3n) is 5.81. The van der Waals surface area contributed by atoms with E-state index in [1.807, 2.05) is 6.07 Å². The lowest BCUT2D eigenvalue weighted by atomic mass is 9.91. The quantitative estimate of drug-likeness (QED) is 0.648. The minimum atomic E-state index is -0.935. The van der Waals surface area contributed by atoms with Crippen LogP contribution in [-0.4, -0.2) is 46.7 Å². The molecule has 1 unspecified atom stereocenters. The van der Waals surface area contributed by atoms with Gasteiger partial charge in [-0.05, 0) is 43.4 Å². The van der Waals surface area contributed by atoms with Gasteiger partial charge in [0.05, 0.1) is 11.1 Å². The molecule has 1 aromatic carbocycles. The number of nitrogens with one attached hydrogen (secondary N) is 2. The lowest BCUT2D eigenvalue weighted by Crippen LogP contribution is -2.54. The molecule has 2 fully saturated rings. The van der Waals surface area contributed by atoms with Crippen molar-refractivity contribution in [3.8, 4) is 0 Å². The molecule has 0 bridgehead atoms. The SMILES string of the molecule is N[C@@H]1CCC[C@H](NCc2ccc3c(c2)C(=O)N(C2CCC(=O)NC2=O)C3=O)C1. The molecule has 4 rings (SSSR count). The number of piperidine rings is 1. The Labute approximate surface area is 162 Å². The van der Waals surface area contributed by atoms with E-state index in [0.717, 1.165) is 36.1 Å². The number of hydrogen-bond donors (Lipinski definition) is 3. The van der Waals surface area contributed by atoms with Crippen LogP contribution in [0.1, 0.15) is 64.8 Å². The number of imide groups is 2. The summed E-state index contributed by atoms with van der Waals surface area (Å²) in [5, 5.41) is 5.68. The Bertz CT molecular complexity index is 853. The zero-order valence-corrected chi connectivity index (χ0v) is 15.6. The first-order valence-electron chi connectivity index (χ1n) is 9.77. The number of carbonyl (C=O) groups excluding carboxylic acids is 4. The molecule has 4 amide bonds. The zero-order chi connectivity index (χ0) is 19.8. The lowest BCUT2D eigenvalue weighted by Gasteiger charge is -2.27. The second kappa shape index (κ2) is 7.44. The molecule has 0 radical (unpaired) electrons. The molecule has 8 heteroatoms. The second-order valence-corrected chi connectivity index (χ2v) is 7.83. The number of hydrogen-bond acceptors (Lipinski definition) is 6. The molecule has 2 aliphatic heterocycles. The predicted molar refractivity (Wildman–Crippen MR) is 100 cm³/mol. The van der Waals surface area contributed by atoms with Crippen LogP contribution in [0.15, 0.2) is 18.2 Å². The molecular formula is C20H24N4O4. The van der Waals surface area contributed by atoms with Crippen LogP contribution in [0, 0.1) is 0 Å². The van der Waals surface area contributed by atoms with Gasteiger partial charge in [0.15, 0.2) is 0 Å². The summed E-state index contributed by atoms with van der Waals surface area (Å²) in [6.07, 6.45) is 4.46. The highest BCUT2D eigenvalue weighted by Gasteiger charge is 2.44. The van der Waals surface area contributed by atoms with Gasteiger partial charge in [0.2, 0.25) is 11.8 Å². The minimum absolute atomic E-state index is 0.114. The molecule has 3 aliphatic rings. The third kappa shape index (κ3) is 3.45. The molecule has 3 atom stereocenters. The summed E-state index contributed by atoms with van der Waals surface area (Å²) in [5.41, 5.74) is 7.55. The largest absolute Gasteiger partial charge is 0.328 e. The Kier molecular flexibility index (Phi) is 4.99. The molecule has 28 heavy (non-hydrogen) atoms. The van der Waals surface area contributed by atoms with Gasteiger partial charge in [-0.25, -0.2) is 0 Å². The van der Waals surface area contributed by atoms with E-state index in [1.165, 1.54) is 0 Å². The summed E-state index contributed by atoms with van der Waals surface area (Å²) < 4.78 is 0. The Morgan fingerprint density at radius 1 is 1.07 bits per heavy atom. The zero-order valence-electron chi connectivity index (χ0n) is 15.6. The van der Waals surface area contributed by atoms with Gasteiger partial charge >= 0.3 is 0 Å². The Hall–Kier alpha value is -2.58. The van der Waals surface area contributed by atoms with Crippen molar-refractivity contribution < 1.29 is 19.2 Å². The molecule has 1 aliphatic carbocycles. The number of carbonyl (C=O) groups is 4. The van der Waals surface area contributed by atoms with Crippen molar-refractivity contribution in [2.24, 2.45) is 5.73 Å². The van der Waals surface area contributed by atoms with E-state index in [1.54, 1.807) is 12.1 Å². The van der Waals surface area contributed by atoms with Gasteiger partial charge in [0.25, 0.3) is 11.8 Å². The Balaban J connectivity index is 1.48. The van der Waals surface area contributed by atoms with E-state index >= 15 is 0 Å². The Morgan fingerprint density at radius 2 is 1.86 bits per heavy atom. The summed E-state index contributed by atoms with van der Waals surface area (Å²) >= 11 is 0. The summed E-state index contributed by atoms with van der Waals surface area (Å²) in [6.45, 7) is 0.588. The van der Waals surface area contributed by atoms with Crippen molar-refractivity contribution in [3.05, 3.63) is 34.9 Å². The molecule has 1 saturated heterocycles. The number of amides is 4. The average Bonchev–Trinajstić information content (AvgIpc) is 2.91. The molecule has 1 aromatic rings. The number of benzene rings is 1. The van der Waals surface area contributed by atoms with Crippen molar-refractivity contribution in [2.75, 3.05) is 0 Å². The maximum absolute atomic E-state index is 12.8. The number of nitrogens with two attached hydrogens (primary N) is 1. The predicted octanol–water partition coefficient (Wildman–Crippen LogP) is 0.447. The van der Waals surface area contributed by atoms with Gasteiger partial charge in [0, 0.05) is 25.0 Å². The summed E-state index contributed by atoms with van der Waals surface area (Å²) in [7, 11) is 0. The molecule has 148 valence electrons. The average molecular weight is 384 g/mol. The van der Waals surface area contributed by atoms with E-state index in [-0.39, 0.29) is 24.8 Å². The van der Waals surface area contributed by atoms with Gasteiger partial charge < -0.3 is 11.1 Å². The number of fused-ring (bicyclic) bond motifs is 1. The van der Waals surface area contributed by atoms with Gasteiger partial charge in [-0.3, -0.25) is 29.4 Å². The van der Waals surface area contributed by atoms with Gasteiger partial charge in [-0.2, -0.15) is 0 Å². The molecule has 0 aromatic heterocycles. The smallest absolute Gasteiger partial charge is 0.262 e. The fourth-order valence-corrected chi connectivity index (χ4v) is 4.30. The van der Waals surface area contributed by atoms with Crippen molar-refractivity contribution in [1.82, 2.24) is 15.5 Å². The summed E-state index contributed by atoms with van der Waals surface area (Å²) in [5.74, 6) is -1.93. The fourth-order valence-electron chi connectivity index (χ4n) is 4.30. The van der Waals surface area contributed by atoms with Crippen molar-refractivity contribution in [2.45, 2.75) is 63.2 Å². The van der Waals surface area contributed by atoms with Crippen LogP contribution in [0.4, 0.5) is 0 Å². The van der Waals surface area contributed by atoms with Crippen molar-refractivity contribution >= 4 is 23.6 Å². The van der Waals surface area contributed by atoms with Crippen molar-refractivity contribution in [3.63, 3.8) is 0 Å². The third-order valence-corrected chi connectivity index (χ3v) is 5.81. The van der Waals surface area contributed by atoms with E-state index in [4.69, 9.17) is 5.73 Å². The van der Waals surface area contributed by atoms with Crippen LogP contribution >= 0.6 is 0 Å². The first kappa shape index (κ1) is 18.8. The van der Waals surface area contributed by atoms with E-state index < -0.39 is 23.8 Å². The summed E-state index contributed by atoms with van der Waals surface area (Å²) in [4.78, 5) is 50.0. The number of nitrogens with zero attached hydrogens (tertiary/aromatic N) is 1. The second-order valence-electron chi connectivity index (χ2n) is 7.83. The topological polar surface area (TPSA) is 122 Å². The van der Waals surface area contributed by atoms with E-state index in [9.17, 15) is 19.2 Å². The molecule has 1 saturated carbocycles. The lowest BCUT2D eigenvalue weighted by molar-refractivity contribution is -0.136. The van der Waals surface area contributed by atoms with E-state index in [2.05, 4.69) is 10.6 Å². The highest BCUT2D eigenvalue weighted by atomic mass is 16.2. The first-order chi connectivity index (χ1) is 13.4. The van der Waals surface area contributed by atoms with Crippen molar-refractivity contribution in [1.29, 1.82) is 0 Å². The maximum Gasteiger partial charge on any atom is 0.262 e. The molecule has 4 N–H and O–H groups in total. The fraction of sp³-hybridized carbons (Fsp3) is 0.500. The van der Waals surface area contributed by atoms with Gasteiger partial charge in [-0.15, -0.1) is 0 Å². The van der Waals surface area contributed by atoms with Crippen LogP contribution in [0.25, 0.3) is 0 Å². The van der Waals surface area contributed by atoms with Gasteiger partial charge in [-0.1, -0.05) is 12.5 Å². The van der Waals surface area contributed by atoms with Crippen LogP contribution in [-0.2, 0) is 16.1 Å². The maximum atomic E-state index is 12.8. The minimum Gasteiger partial charge on any atom is -0.328 e.